The Balaban J connectivity index is 2.20. The minimum absolute atomic E-state index is 0.0881. The van der Waals surface area contributed by atoms with Crippen LogP contribution in [-0.2, 0) is 9.53 Å². The number of aromatic nitrogens is 4. The van der Waals surface area contributed by atoms with E-state index >= 15 is 0 Å². The molecule has 3 rings (SSSR count). The molecular weight excluding hydrogens is 390 g/mol. The van der Waals surface area contributed by atoms with Crippen molar-refractivity contribution in [3.8, 4) is 11.3 Å². The SMILES string of the molecule is CC[C@@H](COC)n1c(=O)c(NCCC(=O)O)nc2ccc(-c3c(C)noc3C)nc21. The van der Waals surface area contributed by atoms with Crippen molar-refractivity contribution in [3.05, 3.63) is 33.9 Å². The van der Waals surface area contributed by atoms with Gasteiger partial charge in [-0.2, -0.15) is 0 Å². The molecule has 1 atom stereocenters. The number of methoxy groups -OCH3 is 1. The van der Waals surface area contributed by atoms with Crippen molar-refractivity contribution in [1.29, 1.82) is 0 Å². The van der Waals surface area contributed by atoms with Crippen molar-refractivity contribution >= 4 is 23.0 Å². The summed E-state index contributed by atoms with van der Waals surface area (Å²) >= 11 is 0. The molecule has 0 unspecified atom stereocenters. The summed E-state index contributed by atoms with van der Waals surface area (Å²) in [4.78, 5) is 33.2. The van der Waals surface area contributed by atoms with E-state index in [1.807, 2.05) is 20.8 Å². The van der Waals surface area contributed by atoms with E-state index in [9.17, 15) is 9.59 Å². The van der Waals surface area contributed by atoms with E-state index in [2.05, 4.69) is 15.5 Å². The van der Waals surface area contributed by atoms with Gasteiger partial charge in [-0.05, 0) is 32.4 Å². The van der Waals surface area contributed by atoms with E-state index in [4.69, 9.17) is 19.4 Å². The molecule has 0 aromatic carbocycles. The number of aryl methyl sites for hydroxylation is 2. The van der Waals surface area contributed by atoms with Crippen LogP contribution in [-0.4, -0.2) is 51.0 Å². The average Bonchev–Trinajstić information content (AvgIpc) is 3.05. The summed E-state index contributed by atoms with van der Waals surface area (Å²) in [5.74, 6) is -0.234. The van der Waals surface area contributed by atoms with Crippen molar-refractivity contribution in [1.82, 2.24) is 19.7 Å². The number of aliphatic carboxylic acids is 1. The molecule has 3 aromatic heterocycles. The van der Waals surface area contributed by atoms with Crippen LogP contribution in [0.1, 0.15) is 37.3 Å². The summed E-state index contributed by atoms with van der Waals surface area (Å²) < 4.78 is 12.1. The molecule has 0 saturated carbocycles. The van der Waals surface area contributed by atoms with Crippen LogP contribution in [0.4, 0.5) is 5.82 Å². The summed E-state index contributed by atoms with van der Waals surface area (Å²) in [5, 5.41) is 15.7. The van der Waals surface area contributed by atoms with Crippen molar-refractivity contribution in [2.24, 2.45) is 0 Å². The Kier molecular flexibility index (Phi) is 6.46. The van der Waals surface area contributed by atoms with Crippen LogP contribution in [0.3, 0.4) is 0 Å². The van der Waals surface area contributed by atoms with E-state index in [-0.39, 0.29) is 30.4 Å². The number of carboxylic acids is 1. The largest absolute Gasteiger partial charge is 0.481 e. The fourth-order valence-corrected chi connectivity index (χ4v) is 3.38. The summed E-state index contributed by atoms with van der Waals surface area (Å²) in [6.07, 6.45) is 0.510. The standard InChI is InChI=1S/C20H25N5O5/c1-5-13(10-29-4)25-19-15(22-18(20(25)28)21-9-8-16(26)27)7-6-14(23-19)17-11(2)24-30-12(17)3/h6-7,13H,5,8-10H2,1-4H3,(H,21,22)(H,26,27)/t13-/m0/s1. The molecule has 0 aliphatic heterocycles. The third-order valence-electron chi connectivity index (χ3n) is 4.85. The van der Waals surface area contributed by atoms with Gasteiger partial charge in [0.25, 0.3) is 5.56 Å². The number of carboxylic acid groups (broad SMARTS) is 1. The number of hydrogen-bond donors (Lipinski definition) is 2. The number of hydrogen-bond acceptors (Lipinski definition) is 8. The van der Waals surface area contributed by atoms with E-state index in [1.54, 1.807) is 23.8 Å². The highest BCUT2D eigenvalue weighted by atomic mass is 16.5. The van der Waals surface area contributed by atoms with Crippen LogP contribution in [0.2, 0.25) is 0 Å². The van der Waals surface area contributed by atoms with Gasteiger partial charge < -0.3 is 19.7 Å². The van der Waals surface area contributed by atoms with Crippen LogP contribution in [0.25, 0.3) is 22.4 Å². The van der Waals surface area contributed by atoms with Gasteiger partial charge >= 0.3 is 5.97 Å². The first-order valence-electron chi connectivity index (χ1n) is 9.68. The minimum atomic E-state index is -0.958. The number of carbonyl (C=O) groups is 1. The Morgan fingerprint density at radius 3 is 2.70 bits per heavy atom. The highest BCUT2D eigenvalue weighted by molar-refractivity contribution is 5.77. The number of nitrogens with zero attached hydrogens (tertiary/aromatic N) is 4. The lowest BCUT2D eigenvalue weighted by atomic mass is 10.1. The zero-order valence-electron chi connectivity index (χ0n) is 17.4. The number of fused-ring (bicyclic) bond motifs is 1. The lowest BCUT2D eigenvalue weighted by Gasteiger charge is -2.20. The van der Waals surface area contributed by atoms with Gasteiger partial charge in [-0.3, -0.25) is 14.2 Å². The fourth-order valence-electron chi connectivity index (χ4n) is 3.38. The summed E-state index contributed by atoms with van der Waals surface area (Å²) in [5.41, 5.74) is 2.67. The predicted octanol–water partition coefficient (Wildman–Crippen LogP) is 2.55. The van der Waals surface area contributed by atoms with Gasteiger partial charge in [0.2, 0.25) is 0 Å². The molecule has 0 aliphatic carbocycles. The van der Waals surface area contributed by atoms with Crippen molar-refractivity contribution in [2.75, 3.05) is 25.6 Å². The molecule has 0 aliphatic rings. The van der Waals surface area contributed by atoms with Gasteiger partial charge in [-0.25, -0.2) is 9.97 Å². The second-order valence-corrected chi connectivity index (χ2v) is 6.96. The zero-order valence-corrected chi connectivity index (χ0v) is 17.4. The minimum Gasteiger partial charge on any atom is -0.481 e. The second kappa shape index (κ2) is 9.04. The van der Waals surface area contributed by atoms with Gasteiger partial charge in [0, 0.05) is 13.7 Å². The molecule has 2 N–H and O–H groups in total. The third-order valence-corrected chi connectivity index (χ3v) is 4.85. The highest BCUT2D eigenvalue weighted by Gasteiger charge is 2.21. The first kappa shape index (κ1) is 21.4. The third kappa shape index (κ3) is 4.18. The Bertz CT molecular complexity index is 1100. The number of rotatable bonds is 9. The monoisotopic (exact) mass is 415 g/mol. The first-order valence-corrected chi connectivity index (χ1v) is 9.68. The van der Waals surface area contributed by atoms with Crippen molar-refractivity contribution in [3.63, 3.8) is 0 Å². The molecule has 0 bridgehead atoms. The van der Waals surface area contributed by atoms with Gasteiger partial charge in [-0.1, -0.05) is 12.1 Å². The van der Waals surface area contributed by atoms with E-state index in [1.165, 1.54) is 0 Å². The molecule has 160 valence electrons. The van der Waals surface area contributed by atoms with E-state index in [0.717, 1.165) is 5.56 Å². The number of anilines is 1. The van der Waals surface area contributed by atoms with E-state index in [0.29, 0.717) is 41.3 Å². The average molecular weight is 415 g/mol. The molecule has 0 saturated heterocycles. The molecule has 10 nitrogen and oxygen atoms in total. The van der Waals surface area contributed by atoms with Crippen LogP contribution in [0.5, 0.6) is 0 Å². The summed E-state index contributed by atoms with van der Waals surface area (Å²) in [6, 6.07) is 3.32. The Morgan fingerprint density at radius 2 is 2.10 bits per heavy atom. The maximum atomic E-state index is 13.2. The molecule has 0 amide bonds. The zero-order chi connectivity index (χ0) is 21.8. The molecular formula is C20H25N5O5. The molecule has 3 heterocycles. The molecule has 0 spiro atoms. The second-order valence-electron chi connectivity index (χ2n) is 6.96. The summed E-state index contributed by atoms with van der Waals surface area (Å²) in [6.45, 7) is 6.01. The van der Waals surface area contributed by atoms with Gasteiger partial charge in [0.05, 0.1) is 36.0 Å². The molecule has 3 aromatic rings. The Hall–Kier alpha value is -3.27. The molecule has 0 fully saturated rings. The first-order chi connectivity index (χ1) is 14.4. The van der Waals surface area contributed by atoms with Crippen LogP contribution >= 0.6 is 0 Å². The fraction of sp³-hybridized carbons (Fsp3) is 0.450. The molecule has 0 radical (unpaired) electrons. The van der Waals surface area contributed by atoms with Gasteiger partial charge in [0.15, 0.2) is 11.5 Å². The van der Waals surface area contributed by atoms with Crippen molar-refractivity contribution < 1.29 is 19.2 Å². The molecule has 10 heteroatoms. The molecule has 30 heavy (non-hydrogen) atoms. The lowest BCUT2D eigenvalue weighted by Crippen LogP contribution is -2.31. The predicted molar refractivity (Wildman–Crippen MR) is 111 cm³/mol. The summed E-state index contributed by atoms with van der Waals surface area (Å²) in [7, 11) is 1.58. The van der Waals surface area contributed by atoms with E-state index < -0.39 is 5.97 Å². The van der Waals surface area contributed by atoms with Crippen LogP contribution in [0, 0.1) is 13.8 Å². The number of ether oxygens (including phenoxy) is 1. The lowest BCUT2D eigenvalue weighted by molar-refractivity contribution is -0.136. The quantitative estimate of drug-likeness (QED) is 0.541. The normalized spacial score (nSPS) is 12.3. The van der Waals surface area contributed by atoms with Crippen molar-refractivity contribution in [2.45, 2.75) is 39.7 Å². The maximum Gasteiger partial charge on any atom is 0.305 e. The number of nitrogens with one attached hydrogen (secondary N) is 1. The maximum absolute atomic E-state index is 13.2. The highest BCUT2D eigenvalue weighted by Crippen LogP contribution is 2.27. The number of pyridine rings is 1. The van der Waals surface area contributed by atoms with Gasteiger partial charge in [-0.15, -0.1) is 0 Å². The smallest absolute Gasteiger partial charge is 0.305 e. The topological polar surface area (TPSA) is 132 Å². The Morgan fingerprint density at radius 1 is 1.33 bits per heavy atom. The van der Waals surface area contributed by atoms with Crippen LogP contribution in [0.15, 0.2) is 21.5 Å². The van der Waals surface area contributed by atoms with Gasteiger partial charge in [0.1, 0.15) is 11.3 Å². The Labute approximate surface area is 172 Å². The van der Waals surface area contributed by atoms with Crippen LogP contribution < -0.4 is 10.9 Å².